The Morgan fingerprint density at radius 1 is 0.476 bits per heavy atom. The van der Waals surface area contributed by atoms with Crippen LogP contribution < -0.4 is 20.7 Å². The van der Waals surface area contributed by atoms with E-state index in [0.29, 0.717) is 42.0 Å². The lowest BCUT2D eigenvalue weighted by Crippen LogP contribution is -2.32. The van der Waals surface area contributed by atoms with Crippen LogP contribution in [0.15, 0.2) is 176 Å². The van der Waals surface area contributed by atoms with Crippen molar-refractivity contribution in [1.82, 2.24) is 45.4 Å². The van der Waals surface area contributed by atoms with Crippen LogP contribution in [0, 0.1) is 0 Å². The highest BCUT2D eigenvalue weighted by atomic mass is 16.5. The third kappa shape index (κ3) is 42.8. The summed E-state index contributed by atoms with van der Waals surface area (Å²) in [5.41, 5.74) is 4.40. The first-order valence-corrected chi connectivity index (χ1v) is 28.6. The van der Waals surface area contributed by atoms with E-state index in [4.69, 9.17) is 9.47 Å². The summed E-state index contributed by atoms with van der Waals surface area (Å²) in [6.45, 7) is 48.8. The van der Waals surface area contributed by atoms with Crippen molar-refractivity contribution in [3.8, 4) is 5.75 Å². The first-order chi connectivity index (χ1) is 40.7. The summed E-state index contributed by atoms with van der Waals surface area (Å²) in [6.07, 6.45) is 10.4. The molecule has 2 aliphatic heterocycles. The molecule has 6 rings (SSSR count). The van der Waals surface area contributed by atoms with Crippen LogP contribution >= 0.6 is 0 Å². The van der Waals surface area contributed by atoms with Gasteiger partial charge < -0.3 is 40.1 Å². The number of amides is 4. The van der Waals surface area contributed by atoms with E-state index in [9.17, 15) is 19.2 Å². The molecule has 15 heteroatoms. The maximum atomic E-state index is 12.0. The SMILES string of the molecule is C=C.C=C.C=C.C=C.C=C.C=C.CCN(C)C.CCNC.CN(C)CCCCN1C(=O)c2ccccc2C1=O.CNCCCN1C(=O)c2ccccc2C1=O.CNCCc1ccccn1.COc1ccccc1COCCCCCCN(C)C. The number of para-hydroxylation sites is 1. The number of fused-ring (bicyclic) bond motifs is 2. The molecule has 2 aliphatic rings. The molecule has 0 spiro atoms. The molecule has 472 valence electrons. The number of likely N-dealkylation sites (N-methyl/N-ethyl adjacent to an activating group) is 1. The van der Waals surface area contributed by atoms with Gasteiger partial charge >= 0.3 is 0 Å². The van der Waals surface area contributed by atoms with E-state index in [1.165, 1.54) is 35.6 Å². The molecule has 4 aromatic rings. The van der Waals surface area contributed by atoms with Gasteiger partial charge in [-0.15, -0.1) is 78.9 Å². The third-order valence-corrected chi connectivity index (χ3v) is 11.2. The predicted molar refractivity (Wildman–Crippen MR) is 363 cm³/mol. The second-order valence-electron chi connectivity index (χ2n) is 17.9. The molecule has 3 N–H and O–H groups in total. The maximum Gasteiger partial charge on any atom is 0.261 e. The average Bonchev–Trinajstić information content (AvgIpc) is 4.12. The van der Waals surface area contributed by atoms with Crippen molar-refractivity contribution in [3.63, 3.8) is 0 Å². The minimum absolute atomic E-state index is 0.152. The molecule has 0 unspecified atom stereocenters. The summed E-state index contributed by atoms with van der Waals surface area (Å²) in [4.78, 5) is 61.1. The minimum Gasteiger partial charge on any atom is -0.496 e. The molecule has 0 saturated carbocycles. The van der Waals surface area contributed by atoms with E-state index in [0.717, 1.165) is 88.4 Å². The first-order valence-electron chi connectivity index (χ1n) is 28.6. The molecule has 0 aliphatic carbocycles. The Morgan fingerprint density at radius 2 is 0.857 bits per heavy atom. The van der Waals surface area contributed by atoms with E-state index in [-0.39, 0.29) is 23.6 Å². The second kappa shape index (κ2) is 65.2. The molecule has 0 fully saturated rings. The van der Waals surface area contributed by atoms with Crippen LogP contribution in [0.4, 0.5) is 0 Å². The Labute approximate surface area is 512 Å². The molecule has 0 atom stereocenters. The molecule has 0 bridgehead atoms. The van der Waals surface area contributed by atoms with Crippen molar-refractivity contribution in [2.75, 3.05) is 130 Å². The molecule has 0 saturated heterocycles. The largest absolute Gasteiger partial charge is 0.496 e. The molecule has 0 radical (unpaired) electrons. The van der Waals surface area contributed by atoms with Crippen molar-refractivity contribution in [2.45, 2.75) is 71.8 Å². The Balaban J connectivity index is -0.000000220. The van der Waals surface area contributed by atoms with Crippen molar-refractivity contribution < 1.29 is 28.7 Å². The van der Waals surface area contributed by atoms with Gasteiger partial charge in [-0.25, -0.2) is 0 Å². The number of ether oxygens (including phenoxy) is 2. The van der Waals surface area contributed by atoms with E-state index in [1.807, 2.05) is 77.8 Å². The number of hydrogen-bond donors (Lipinski definition) is 3. The Kier molecular flexibility index (Phi) is 68.5. The number of hydrogen-bond acceptors (Lipinski definition) is 13. The van der Waals surface area contributed by atoms with Gasteiger partial charge in [0.2, 0.25) is 0 Å². The van der Waals surface area contributed by atoms with Crippen molar-refractivity contribution in [3.05, 3.63) is 210 Å². The topological polar surface area (TPSA) is 152 Å². The van der Waals surface area contributed by atoms with Gasteiger partial charge in [-0.05, 0) is 171 Å². The number of rotatable bonds is 24. The number of aromatic nitrogens is 1. The number of nitrogens with one attached hydrogen (secondary N) is 3. The highest BCUT2D eigenvalue weighted by Gasteiger charge is 2.35. The van der Waals surface area contributed by atoms with Crippen molar-refractivity contribution in [2.24, 2.45) is 0 Å². The Morgan fingerprint density at radius 3 is 1.23 bits per heavy atom. The molecule has 4 amide bonds. The number of nitrogens with zero attached hydrogens (tertiary/aromatic N) is 6. The number of imide groups is 2. The van der Waals surface area contributed by atoms with Gasteiger partial charge in [0.05, 0.1) is 36.0 Å². The third-order valence-electron chi connectivity index (χ3n) is 11.2. The lowest BCUT2D eigenvalue weighted by molar-refractivity contribution is 0.0636. The summed E-state index contributed by atoms with van der Waals surface area (Å²) >= 11 is 0. The fourth-order valence-electron chi connectivity index (χ4n) is 6.79. The van der Waals surface area contributed by atoms with Gasteiger partial charge in [0.25, 0.3) is 23.6 Å². The molecule has 84 heavy (non-hydrogen) atoms. The number of carbonyl (C=O) groups excluding carboxylic acids is 4. The van der Waals surface area contributed by atoms with Gasteiger partial charge in [0.1, 0.15) is 5.75 Å². The monoisotopic (exact) mass is 1170 g/mol. The lowest BCUT2D eigenvalue weighted by atomic mass is 10.1. The Hall–Kier alpha value is -6.95. The van der Waals surface area contributed by atoms with Crippen molar-refractivity contribution >= 4 is 23.6 Å². The highest BCUT2D eigenvalue weighted by molar-refractivity contribution is 6.22. The average molecular weight is 1170 g/mol. The first kappa shape index (κ1) is 88.3. The number of pyridine rings is 1. The van der Waals surface area contributed by atoms with Crippen LogP contribution in [0.5, 0.6) is 5.75 Å². The standard InChI is InChI=1S/C16H27NO2.C14H18N2O2.C12H14N2O2.C8H12N2.C4H11N.C3H9N.6C2H4/c1-17(2)12-8-4-5-9-13-19-14-15-10-6-7-11-16(15)18-3;1-15(2)9-5-6-10-16-13(17)11-7-3-4-8-12(11)14(16)18;1-13-7-4-8-14-11(15)9-5-2-3-6-10(9)12(14)16;1-9-7-5-8-4-2-3-6-10-8;1-4-5(2)3;1-3-4-2;6*1-2/h6-7,10-11H,4-5,8-9,12-14H2,1-3H3;3-4,7-8H,5-6,9-10H2,1-2H3;2-3,5-6,13H,4,7-8H2,1H3;2-4,6,9H,5,7H2,1H3;4H2,1-3H3;4H,3H2,1-2H3;6*1-2H2. The minimum atomic E-state index is -0.170. The molecular formula is C69H115N9O6. The van der Waals surface area contributed by atoms with Gasteiger partial charge in [-0.3, -0.25) is 34.0 Å². The fourth-order valence-corrected chi connectivity index (χ4v) is 6.79. The molecule has 15 nitrogen and oxygen atoms in total. The summed E-state index contributed by atoms with van der Waals surface area (Å²) < 4.78 is 11.0. The zero-order chi connectivity index (χ0) is 65.5. The van der Waals surface area contributed by atoms with E-state index < -0.39 is 0 Å². The lowest BCUT2D eigenvalue weighted by Gasteiger charge is -2.14. The summed E-state index contributed by atoms with van der Waals surface area (Å²) in [7, 11) is 19.8. The van der Waals surface area contributed by atoms with Crippen LogP contribution in [0.1, 0.15) is 111 Å². The van der Waals surface area contributed by atoms with Crippen LogP contribution in [-0.4, -0.2) is 183 Å². The van der Waals surface area contributed by atoms with Crippen LogP contribution in [0.3, 0.4) is 0 Å². The number of benzene rings is 3. The van der Waals surface area contributed by atoms with E-state index in [2.05, 4.69) is 163 Å². The smallest absolute Gasteiger partial charge is 0.261 e. The maximum absolute atomic E-state index is 12.0. The summed E-state index contributed by atoms with van der Waals surface area (Å²) in [5, 5.41) is 9.00. The molecule has 3 heterocycles. The molecule has 1 aromatic heterocycles. The van der Waals surface area contributed by atoms with Crippen LogP contribution in [-0.2, 0) is 17.8 Å². The molecule has 3 aromatic carbocycles. The normalized spacial score (nSPS) is 10.7. The van der Waals surface area contributed by atoms with Crippen molar-refractivity contribution in [1.29, 1.82) is 0 Å². The van der Waals surface area contributed by atoms with E-state index >= 15 is 0 Å². The van der Waals surface area contributed by atoms with E-state index in [1.54, 1.807) is 55.6 Å². The fraction of sp³-hybridized carbons (Fsp3) is 0.435. The quantitative estimate of drug-likeness (QED) is 0.0347. The van der Waals surface area contributed by atoms with Gasteiger partial charge in [0.15, 0.2) is 0 Å². The summed E-state index contributed by atoms with van der Waals surface area (Å²) in [5.74, 6) is 0.266. The number of carbonyl (C=O) groups is 4. The van der Waals surface area contributed by atoms with Crippen LogP contribution in [0.2, 0.25) is 0 Å². The van der Waals surface area contributed by atoms with Crippen LogP contribution in [0.25, 0.3) is 0 Å². The molecular weight excluding hydrogens is 1050 g/mol. The summed E-state index contributed by atoms with van der Waals surface area (Å²) in [6, 6.07) is 28.0. The number of unbranched alkanes of at least 4 members (excludes halogenated alkanes) is 4. The highest BCUT2D eigenvalue weighted by Crippen LogP contribution is 2.24. The van der Waals surface area contributed by atoms with Gasteiger partial charge in [-0.2, -0.15) is 0 Å². The number of methoxy groups -OCH3 is 1. The zero-order valence-corrected chi connectivity index (χ0v) is 54.6. The second-order valence-corrected chi connectivity index (χ2v) is 17.9. The Bertz CT molecular complexity index is 2090. The predicted octanol–water partition coefficient (Wildman–Crippen LogP) is 12.3. The van der Waals surface area contributed by atoms with Gasteiger partial charge in [-0.1, -0.05) is 75.2 Å². The zero-order valence-electron chi connectivity index (χ0n) is 54.6. The van der Waals surface area contributed by atoms with Gasteiger partial charge in [0, 0.05) is 50.1 Å².